The predicted molar refractivity (Wildman–Crippen MR) is 63.4 cm³/mol. The highest BCUT2D eigenvalue weighted by atomic mass is 35.5. The molecule has 0 heterocycles. The van der Waals surface area contributed by atoms with E-state index in [-0.39, 0.29) is 18.8 Å². The highest BCUT2D eigenvalue weighted by molar-refractivity contribution is 6.18. The van der Waals surface area contributed by atoms with Gasteiger partial charge in [0.15, 0.2) is 0 Å². The Hall–Kier alpha value is -1.23. The second kappa shape index (κ2) is 7.26. The number of halogens is 4. The molecule has 0 saturated carbocycles. The first-order valence-corrected chi connectivity index (χ1v) is 5.92. The van der Waals surface area contributed by atoms with Crippen LogP contribution in [-0.2, 0) is 11.2 Å². The number of rotatable bonds is 6. The van der Waals surface area contributed by atoms with E-state index in [1.54, 1.807) is 6.07 Å². The maximum absolute atomic E-state index is 12.9. The normalized spacial score (nSPS) is 10.7. The summed E-state index contributed by atoms with van der Waals surface area (Å²) in [4.78, 5) is 12.7. The maximum atomic E-state index is 12.9. The fourth-order valence-corrected chi connectivity index (χ4v) is 1.72. The van der Waals surface area contributed by atoms with Crippen molar-refractivity contribution in [3.8, 4) is 0 Å². The van der Waals surface area contributed by atoms with Crippen LogP contribution >= 0.6 is 11.6 Å². The molecule has 1 amide bonds. The summed E-state index contributed by atoms with van der Waals surface area (Å²) < 4.78 is 37.5. The lowest BCUT2D eigenvalue weighted by molar-refractivity contribution is -0.132. The van der Waals surface area contributed by atoms with E-state index in [9.17, 15) is 18.0 Å². The van der Waals surface area contributed by atoms with Crippen molar-refractivity contribution in [3.63, 3.8) is 0 Å². The smallest absolute Gasteiger partial charge is 0.255 e. The summed E-state index contributed by atoms with van der Waals surface area (Å²) in [7, 11) is 0. The molecule has 0 fully saturated rings. The number of carbonyl (C=O) groups is 1. The van der Waals surface area contributed by atoms with Crippen molar-refractivity contribution in [1.82, 2.24) is 4.90 Å². The summed E-state index contributed by atoms with van der Waals surface area (Å²) in [6, 6.07) is 5.50. The summed E-state index contributed by atoms with van der Waals surface area (Å²) in [5.74, 6) is -0.860. The number of carbonyl (C=O) groups excluding carboxylic acids is 1. The molecule has 0 radical (unpaired) electrons. The lowest BCUT2D eigenvalue weighted by Gasteiger charge is -2.21. The second-order valence-electron chi connectivity index (χ2n) is 3.73. The second-order valence-corrected chi connectivity index (χ2v) is 4.10. The van der Waals surface area contributed by atoms with Gasteiger partial charge in [0.25, 0.3) is 6.43 Å². The molecule has 0 unspecified atom stereocenters. The molecule has 2 nitrogen and oxygen atoms in total. The third-order valence-electron chi connectivity index (χ3n) is 2.31. The van der Waals surface area contributed by atoms with E-state index >= 15 is 0 Å². The first kappa shape index (κ1) is 14.8. The third kappa shape index (κ3) is 4.96. The first-order chi connectivity index (χ1) is 8.52. The molecule has 0 saturated heterocycles. The Morgan fingerprint density at radius 2 is 2.11 bits per heavy atom. The monoisotopic (exact) mass is 279 g/mol. The number of benzene rings is 1. The van der Waals surface area contributed by atoms with Gasteiger partial charge in [-0.1, -0.05) is 12.1 Å². The van der Waals surface area contributed by atoms with Gasteiger partial charge in [0, 0.05) is 12.4 Å². The zero-order chi connectivity index (χ0) is 13.5. The largest absolute Gasteiger partial charge is 0.335 e. The minimum atomic E-state index is -2.61. The summed E-state index contributed by atoms with van der Waals surface area (Å²) in [5.41, 5.74) is 0.453. The average molecular weight is 280 g/mol. The van der Waals surface area contributed by atoms with Crippen molar-refractivity contribution in [2.75, 3.05) is 19.0 Å². The van der Waals surface area contributed by atoms with Gasteiger partial charge < -0.3 is 4.90 Å². The SMILES string of the molecule is O=C(Cc1cccc(F)c1)N(CCCl)CC(F)F. The van der Waals surface area contributed by atoms with Crippen LogP contribution in [0.5, 0.6) is 0 Å². The quantitative estimate of drug-likeness (QED) is 0.733. The van der Waals surface area contributed by atoms with Gasteiger partial charge in [-0.2, -0.15) is 0 Å². The topological polar surface area (TPSA) is 20.3 Å². The molecule has 0 spiro atoms. The molecular weight excluding hydrogens is 267 g/mol. The first-order valence-electron chi connectivity index (χ1n) is 5.39. The fourth-order valence-electron chi connectivity index (χ4n) is 1.52. The fraction of sp³-hybridized carbons (Fsp3) is 0.417. The molecule has 0 bridgehead atoms. The van der Waals surface area contributed by atoms with Gasteiger partial charge in [0.1, 0.15) is 5.82 Å². The van der Waals surface area contributed by atoms with Crippen molar-refractivity contribution in [2.24, 2.45) is 0 Å². The zero-order valence-corrected chi connectivity index (χ0v) is 10.3. The molecule has 0 aliphatic heterocycles. The van der Waals surface area contributed by atoms with E-state index in [1.807, 2.05) is 0 Å². The van der Waals surface area contributed by atoms with Crippen LogP contribution in [0.25, 0.3) is 0 Å². The molecule has 1 rings (SSSR count). The van der Waals surface area contributed by atoms with Gasteiger partial charge in [-0.05, 0) is 17.7 Å². The van der Waals surface area contributed by atoms with Crippen LogP contribution in [-0.4, -0.2) is 36.2 Å². The van der Waals surface area contributed by atoms with Gasteiger partial charge in [0.05, 0.1) is 13.0 Å². The van der Waals surface area contributed by atoms with Gasteiger partial charge in [-0.25, -0.2) is 13.2 Å². The average Bonchev–Trinajstić information content (AvgIpc) is 2.27. The predicted octanol–water partition coefficient (Wildman–Crippen LogP) is 2.70. The molecule has 0 N–H and O–H groups in total. The zero-order valence-electron chi connectivity index (χ0n) is 9.58. The lowest BCUT2D eigenvalue weighted by Crippen LogP contribution is -2.37. The Kier molecular flexibility index (Phi) is 5.98. The summed E-state index contributed by atoms with van der Waals surface area (Å²) in [6.07, 6.45) is -2.72. The van der Waals surface area contributed by atoms with E-state index in [4.69, 9.17) is 11.6 Å². The Labute approximate surface area is 108 Å². The molecule has 1 aromatic carbocycles. The number of alkyl halides is 3. The van der Waals surface area contributed by atoms with E-state index in [1.165, 1.54) is 18.2 Å². The van der Waals surface area contributed by atoms with Crippen molar-refractivity contribution in [3.05, 3.63) is 35.6 Å². The van der Waals surface area contributed by atoms with Crippen molar-refractivity contribution >= 4 is 17.5 Å². The van der Waals surface area contributed by atoms with Crippen molar-refractivity contribution in [1.29, 1.82) is 0 Å². The number of hydrogen-bond donors (Lipinski definition) is 0. The van der Waals surface area contributed by atoms with Crippen molar-refractivity contribution < 1.29 is 18.0 Å². The number of amides is 1. The van der Waals surface area contributed by atoms with Gasteiger partial charge >= 0.3 is 0 Å². The minimum absolute atomic E-state index is 0.0556. The Morgan fingerprint density at radius 1 is 1.39 bits per heavy atom. The number of nitrogens with zero attached hydrogens (tertiary/aromatic N) is 1. The molecule has 0 aromatic heterocycles. The maximum Gasteiger partial charge on any atom is 0.255 e. The molecule has 18 heavy (non-hydrogen) atoms. The van der Waals surface area contributed by atoms with Crippen LogP contribution in [0.4, 0.5) is 13.2 Å². The highest BCUT2D eigenvalue weighted by Crippen LogP contribution is 2.08. The van der Waals surface area contributed by atoms with Crippen LogP contribution < -0.4 is 0 Å². The third-order valence-corrected chi connectivity index (χ3v) is 2.48. The Morgan fingerprint density at radius 3 is 2.67 bits per heavy atom. The molecular formula is C12H13ClF3NO. The van der Waals surface area contributed by atoms with Gasteiger partial charge in [0.2, 0.25) is 5.91 Å². The Balaban J connectivity index is 2.66. The minimum Gasteiger partial charge on any atom is -0.335 e. The van der Waals surface area contributed by atoms with E-state index in [2.05, 4.69) is 0 Å². The number of hydrogen-bond acceptors (Lipinski definition) is 1. The summed E-state index contributed by atoms with van der Waals surface area (Å²) in [5, 5.41) is 0. The van der Waals surface area contributed by atoms with E-state index < -0.39 is 24.7 Å². The summed E-state index contributed by atoms with van der Waals surface area (Å²) >= 11 is 5.45. The van der Waals surface area contributed by atoms with Crippen LogP contribution in [0.2, 0.25) is 0 Å². The molecule has 0 aliphatic carbocycles. The molecule has 6 heteroatoms. The van der Waals surface area contributed by atoms with E-state index in [0.717, 1.165) is 4.90 Å². The molecule has 1 aromatic rings. The van der Waals surface area contributed by atoms with Gasteiger partial charge in [-0.3, -0.25) is 4.79 Å². The van der Waals surface area contributed by atoms with Crippen LogP contribution in [0.1, 0.15) is 5.56 Å². The van der Waals surface area contributed by atoms with Crippen LogP contribution in [0.3, 0.4) is 0 Å². The standard InChI is InChI=1S/C12H13ClF3NO/c13-4-5-17(8-11(15)16)12(18)7-9-2-1-3-10(14)6-9/h1-3,6,11H,4-5,7-8H2. The van der Waals surface area contributed by atoms with Gasteiger partial charge in [-0.15, -0.1) is 11.6 Å². The highest BCUT2D eigenvalue weighted by Gasteiger charge is 2.17. The van der Waals surface area contributed by atoms with Crippen molar-refractivity contribution in [2.45, 2.75) is 12.8 Å². The molecule has 0 aliphatic rings. The van der Waals surface area contributed by atoms with Crippen LogP contribution in [0, 0.1) is 5.82 Å². The molecule has 0 atom stereocenters. The summed E-state index contributed by atoms with van der Waals surface area (Å²) in [6.45, 7) is -0.596. The molecule has 100 valence electrons. The Bertz CT molecular complexity index is 401. The lowest BCUT2D eigenvalue weighted by atomic mass is 10.1. The van der Waals surface area contributed by atoms with E-state index in [0.29, 0.717) is 5.56 Å². The van der Waals surface area contributed by atoms with Crippen LogP contribution in [0.15, 0.2) is 24.3 Å².